The fourth-order valence-electron chi connectivity index (χ4n) is 3.68. The minimum Gasteiger partial charge on any atom is -0.464 e. The second kappa shape index (κ2) is 5.94. The second-order valence-electron chi connectivity index (χ2n) is 6.35. The average molecular weight is 321 g/mol. The van der Waals surface area contributed by atoms with E-state index in [2.05, 4.69) is 10.2 Å². The Kier molecular flexibility index (Phi) is 4.15. The van der Waals surface area contributed by atoms with Crippen LogP contribution in [0.3, 0.4) is 0 Å². The summed E-state index contributed by atoms with van der Waals surface area (Å²) in [5.41, 5.74) is 2.64. The predicted molar refractivity (Wildman–Crippen MR) is 88.6 cm³/mol. The van der Waals surface area contributed by atoms with Crippen molar-refractivity contribution in [2.24, 2.45) is 5.92 Å². The van der Waals surface area contributed by atoms with Gasteiger partial charge in [0.05, 0.1) is 6.26 Å². The molecule has 1 N–H and O–H groups in total. The van der Waals surface area contributed by atoms with E-state index in [4.69, 9.17) is 4.42 Å². The first-order valence-corrected chi connectivity index (χ1v) is 7.72. The third-order valence-corrected chi connectivity index (χ3v) is 5.00. The van der Waals surface area contributed by atoms with Crippen molar-refractivity contribution < 1.29 is 9.21 Å². The SMILES string of the molecule is Cc1coc2ccc(C(=O)N[C@H]3CN4CCC3CC4)cc12.Cl. The number of piperidine rings is 3. The summed E-state index contributed by atoms with van der Waals surface area (Å²) in [6, 6.07) is 5.97. The van der Waals surface area contributed by atoms with E-state index in [9.17, 15) is 4.79 Å². The summed E-state index contributed by atoms with van der Waals surface area (Å²) in [6.45, 7) is 5.39. The van der Waals surface area contributed by atoms with Crippen molar-refractivity contribution in [2.45, 2.75) is 25.8 Å². The lowest BCUT2D eigenvalue weighted by atomic mass is 9.84. The highest BCUT2D eigenvalue weighted by Crippen LogP contribution is 2.28. The lowest BCUT2D eigenvalue weighted by Crippen LogP contribution is -2.57. The third kappa shape index (κ3) is 2.61. The van der Waals surface area contributed by atoms with Gasteiger partial charge in [0.1, 0.15) is 5.58 Å². The number of nitrogens with one attached hydrogen (secondary N) is 1. The minimum atomic E-state index is 0. The van der Waals surface area contributed by atoms with Crippen LogP contribution in [0.5, 0.6) is 0 Å². The number of fused-ring (bicyclic) bond motifs is 4. The van der Waals surface area contributed by atoms with E-state index < -0.39 is 0 Å². The molecular weight excluding hydrogens is 300 g/mol. The fraction of sp³-hybridized carbons (Fsp3) is 0.471. The first kappa shape index (κ1) is 15.4. The summed E-state index contributed by atoms with van der Waals surface area (Å²) in [4.78, 5) is 15.0. The summed E-state index contributed by atoms with van der Waals surface area (Å²) < 4.78 is 5.44. The summed E-state index contributed by atoms with van der Waals surface area (Å²) in [5.74, 6) is 0.689. The molecule has 1 aromatic heterocycles. The zero-order valence-corrected chi connectivity index (χ0v) is 13.5. The van der Waals surface area contributed by atoms with E-state index in [1.54, 1.807) is 6.26 Å². The molecule has 0 spiro atoms. The number of furan rings is 1. The Morgan fingerprint density at radius 3 is 2.77 bits per heavy atom. The average Bonchev–Trinajstić information content (AvgIpc) is 2.89. The largest absolute Gasteiger partial charge is 0.464 e. The summed E-state index contributed by atoms with van der Waals surface area (Å²) in [7, 11) is 0. The van der Waals surface area contributed by atoms with Crippen LogP contribution in [0.15, 0.2) is 28.9 Å². The van der Waals surface area contributed by atoms with Crippen LogP contribution in [0, 0.1) is 12.8 Å². The molecule has 5 heteroatoms. The van der Waals surface area contributed by atoms with E-state index in [-0.39, 0.29) is 18.3 Å². The van der Waals surface area contributed by atoms with E-state index in [0.717, 1.165) is 28.6 Å². The summed E-state index contributed by atoms with van der Waals surface area (Å²) >= 11 is 0. The Hall–Kier alpha value is -1.52. The Balaban J connectivity index is 0.00000144. The zero-order valence-electron chi connectivity index (χ0n) is 12.7. The topological polar surface area (TPSA) is 45.5 Å². The van der Waals surface area contributed by atoms with Crippen LogP contribution in [0.25, 0.3) is 11.0 Å². The lowest BCUT2D eigenvalue weighted by molar-refractivity contribution is 0.0620. The number of carbonyl (C=O) groups excluding carboxylic acids is 1. The van der Waals surface area contributed by atoms with Crippen molar-refractivity contribution >= 4 is 29.3 Å². The van der Waals surface area contributed by atoms with Crippen LogP contribution in [0.1, 0.15) is 28.8 Å². The maximum absolute atomic E-state index is 12.5. The molecule has 118 valence electrons. The van der Waals surface area contributed by atoms with E-state index >= 15 is 0 Å². The zero-order chi connectivity index (χ0) is 14.4. The number of halogens is 1. The molecule has 5 rings (SSSR count). The van der Waals surface area contributed by atoms with Gasteiger partial charge in [-0.25, -0.2) is 0 Å². The van der Waals surface area contributed by atoms with Crippen molar-refractivity contribution in [1.82, 2.24) is 10.2 Å². The monoisotopic (exact) mass is 320 g/mol. The highest BCUT2D eigenvalue weighted by molar-refractivity contribution is 5.98. The Bertz CT molecular complexity index is 689. The van der Waals surface area contributed by atoms with Crippen molar-refractivity contribution in [3.8, 4) is 0 Å². The molecule has 4 heterocycles. The van der Waals surface area contributed by atoms with Gasteiger partial charge in [0.2, 0.25) is 0 Å². The van der Waals surface area contributed by atoms with Gasteiger partial charge in [0.25, 0.3) is 5.91 Å². The molecular formula is C17H21ClN2O2. The van der Waals surface area contributed by atoms with Crippen LogP contribution < -0.4 is 5.32 Å². The molecule has 3 aliphatic rings. The predicted octanol–water partition coefficient (Wildman–Crippen LogP) is 2.99. The number of nitrogens with zero attached hydrogens (tertiary/aromatic N) is 1. The maximum Gasteiger partial charge on any atom is 0.251 e. The van der Waals surface area contributed by atoms with Gasteiger partial charge in [-0.3, -0.25) is 4.79 Å². The Morgan fingerprint density at radius 1 is 1.32 bits per heavy atom. The fourth-order valence-corrected chi connectivity index (χ4v) is 3.68. The molecule has 1 amide bonds. The van der Waals surface area contributed by atoms with Crippen LogP contribution in [-0.2, 0) is 0 Å². The highest BCUT2D eigenvalue weighted by atomic mass is 35.5. The van der Waals surface area contributed by atoms with Gasteiger partial charge < -0.3 is 14.6 Å². The first-order chi connectivity index (χ1) is 10.2. The molecule has 1 aromatic carbocycles. The number of hydrogen-bond acceptors (Lipinski definition) is 3. The van der Waals surface area contributed by atoms with Crippen molar-refractivity contribution in [3.05, 3.63) is 35.6 Å². The second-order valence-corrected chi connectivity index (χ2v) is 6.35. The molecule has 3 aliphatic heterocycles. The Morgan fingerprint density at radius 2 is 2.09 bits per heavy atom. The smallest absolute Gasteiger partial charge is 0.251 e. The van der Waals surface area contributed by atoms with Crippen LogP contribution >= 0.6 is 12.4 Å². The molecule has 22 heavy (non-hydrogen) atoms. The molecule has 0 radical (unpaired) electrons. The van der Waals surface area contributed by atoms with Crippen LogP contribution in [-0.4, -0.2) is 36.5 Å². The minimum absolute atomic E-state index is 0. The van der Waals surface area contributed by atoms with Gasteiger partial charge in [0, 0.05) is 23.5 Å². The van der Waals surface area contributed by atoms with E-state index in [1.807, 2.05) is 25.1 Å². The lowest BCUT2D eigenvalue weighted by Gasteiger charge is -2.44. The normalized spacial score (nSPS) is 26.7. The van der Waals surface area contributed by atoms with Gasteiger partial charge in [-0.1, -0.05) is 0 Å². The molecule has 4 nitrogen and oxygen atoms in total. The highest BCUT2D eigenvalue weighted by Gasteiger charge is 2.34. The number of benzene rings is 1. The van der Waals surface area contributed by atoms with Crippen molar-refractivity contribution in [3.63, 3.8) is 0 Å². The number of amides is 1. The van der Waals surface area contributed by atoms with Gasteiger partial charge in [0.15, 0.2) is 0 Å². The molecule has 0 unspecified atom stereocenters. The first-order valence-electron chi connectivity index (χ1n) is 7.72. The molecule has 2 aromatic rings. The molecule has 2 bridgehead atoms. The number of carbonyl (C=O) groups is 1. The summed E-state index contributed by atoms with van der Waals surface area (Å²) in [6.07, 6.45) is 4.16. The van der Waals surface area contributed by atoms with Crippen molar-refractivity contribution in [2.75, 3.05) is 19.6 Å². The molecule has 0 saturated carbocycles. The third-order valence-electron chi connectivity index (χ3n) is 5.00. The van der Waals surface area contributed by atoms with Gasteiger partial charge in [-0.05, 0) is 62.5 Å². The van der Waals surface area contributed by atoms with Gasteiger partial charge >= 0.3 is 0 Å². The van der Waals surface area contributed by atoms with E-state index in [1.165, 1.54) is 25.9 Å². The van der Waals surface area contributed by atoms with Gasteiger partial charge in [-0.15, -0.1) is 12.4 Å². The Labute approximate surface area is 136 Å². The molecule has 0 aliphatic carbocycles. The quantitative estimate of drug-likeness (QED) is 0.925. The van der Waals surface area contributed by atoms with Crippen molar-refractivity contribution in [1.29, 1.82) is 0 Å². The number of aryl methyl sites for hydroxylation is 1. The maximum atomic E-state index is 12.5. The summed E-state index contributed by atoms with van der Waals surface area (Å²) in [5, 5.41) is 4.26. The van der Waals surface area contributed by atoms with Crippen LogP contribution in [0.4, 0.5) is 0 Å². The molecule has 3 fully saturated rings. The molecule has 1 atom stereocenters. The van der Waals surface area contributed by atoms with E-state index in [0.29, 0.717) is 12.0 Å². The van der Waals surface area contributed by atoms with Crippen LogP contribution in [0.2, 0.25) is 0 Å². The van der Waals surface area contributed by atoms with Gasteiger partial charge in [-0.2, -0.15) is 0 Å². The number of rotatable bonds is 2. The number of hydrogen-bond donors (Lipinski definition) is 1. The standard InChI is InChI=1S/C17H20N2O2.ClH/c1-11-10-21-16-3-2-13(8-14(11)16)17(20)18-15-9-19-6-4-12(15)5-7-19;/h2-3,8,10,12,15H,4-7,9H2,1H3,(H,18,20);1H/t15-;/m0./s1. The molecule has 3 saturated heterocycles.